The molecule has 1 unspecified atom stereocenters. The lowest BCUT2D eigenvalue weighted by Gasteiger charge is -2.13. The van der Waals surface area contributed by atoms with E-state index in [4.69, 9.17) is 4.74 Å². The molecule has 1 atom stereocenters. The zero-order chi connectivity index (χ0) is 13.2. The van der Waals surface area contributed by atoms with Gasteiger partial charge in [0.2, 0.25) is 0 Å². The molecule has 0 N–H and O–H groups in total. The molecule has 0 amide bonds. The van der Waals surface area contributed by atoms with E-state index >= 15 is 0 Å². The standard InChI is InChI=1S/C15H15N3O/c1-11(12-6-5-7-13(10-12)19-2)18-15-9-4-3-8-14(15)16-17-18/h3-11H,1-2H3. The Labute approximate surface area is 111 Å². The first-order valence-corrected chi connectivity index (χ1v) is 6.23. The average Bonchev–Trinajstić information content (AvgIpc) is 2.90. The zero-order valence-electron chi connectivity index (χ0n) is 10.9. The molecule has 0 aliphatic carbocycles. The fourth-order valence-electron chi connectivity index (χ4n) is 2.22. The number of hydrogen-bond acceptors (Lipinski definition) is 3. The first-order valence-electron chi connectivity index (χ1n) is 6.23. The maximum Gasteiger partial charge on any atom is 0.119 e. The highest BCUT2D eigenvalue weighted by atomic mass is 16.5. The number of rotatable bonds is 3. The van der Waals surface area contributed by atoms with Crippen LogP contribution in [0.25, 0.3) is 11.0 Å². The van der Waals surface area contributed by atoms with Gasteiger partial charge in [0.25, 0.3) is 0 Å². The Morgan fingerprint density at radius 2 is 1.95 bits per heavy atom. The largest absolute Gasteiger partial charge is 0.497 e. The second kappa shape index (κ2) is 4.72. The van der Waals surface area contributed by atoms with Gasteiger partial charge in [0.15, 0.2) is 0 Å². The number of nitrogens with zero attached hydrogens (tertiary/aromatic N) is 3. The van der Waals surface area contributed by atoms with Gasteiger partial charge in [-0.05, 0) is 36.8 Å². The Balaban J connectivity index is 2.05. The molecule has 4 nitrogen and oxygen atoms in total. The van der Waals surface area contributed by atoms with Crippen molar-refractivity contribution >= 4 is 11.0 Å². The molecule has 0 aliphatic rings. The predicted molar refractivity (Wildman–Crippen MR) is 74.3 cm³/mol. The third kappa shape index (κ3) is 2.05. The van der Waals surface area contributed by atoms with Crippen LogP contribution in [0.3, 0.4) is 0 Å². The number of ether oxygens (including phenoxy) is 1. The van der Waals surface area contributed by atoms with Crippen LogP contribution in [0.15, 0.2) is 48.5 Å². The van der Waals surface area contributed by atoms with Crippen LogP contribution < -0.4 is 4.74 Å². The minimum absolute atomic E-state index is 0.113. The highest BCUT2D eigenvalue weighted by molar-refractivity contribution is 5.74. The first kappa shape index (κ1) is 11.7. The molecule has 19 heavy (non-hydrogen) atoms. The van der Waals surface area contributed by atoms with Crippen molar-refractivity contribution in [3.8, 4) is 5.75 Å². The number of aromatic nitrogens is 3. The maximum atomic E-state index is 5.26. The van der Waals surface area contributed by atoms with Gasteiger partial charge in [-0.3, -0.25) is 0 Å². The van der Waals surface area contributed by atoms with Gasteiger partial charge >= 0.3 is 0 Å². The Kier molecular flexibility index (Phi) is 2.91. The van der Waals surface area contributed by atoms with Crippen LogP contribution in [0.4, 0.5) is 0 Å². The highest BCUT2D eigenvalue weighted by Gasteiger charge is 2.13. The molecule has 3 rings (SSSR count). The van der Waals surface area contributed by atoms with E-state index in [1.165, 1.54) is 0 Å². The third-order valence-electron chi connectivity index (χ3n) is 3.32. The number of fused-ring (bicyclic) bond motifs is 1. The minimum atomic E-state index is 0.113. The maximum absolute atomic E-state index is 5.26. The van der Waals surface area contributed by atoms with Crippen LogP contribution in [0.2, 0.25) is 0 Å². The fraction of sp³-hybridized carbons (Fsp3) is 0.200. The smallest absolute Gasteiger partial charge is 0.119 e. The third-order valence-corrected chi connectivity index (χ3v) is 3.32. The summed E-state index contributed by atoms with van der Waals surface area (Å²) >= 11 is 0. The van der Waals surface area contributed by atoms with Crippen molar-refractivity contribution in [2.24, 2.45) is 0 Å². The molecule has 2 aromatic carbocycles. The van der Waals surface area contributed by atoms with E-state index in [2.05, 4.69) is 23.3 Å². The number of methoxy groups -OCH3 is 1. The molecule has 0 aliphatic heterocycles. The molecule has 0 saturated heterocycles. The highest BCUT2D eigenvalue weighted by Crippen LogP contribution is 2.24. The Morgan fingerprint density at radius 3 is 2.79 bits per heavy atom. The summed E-state index contributed by atoms with van der Waals surface area (Å²) in [5.41, 5.74) is 3.10. The van der Waals surface area contributed by atoms with Crippen molar-refractivity contribution in [2.75, 3.05) is 7.11 Å². The van der Waals surface area contributed by atoms with Crippen LogP contribution in [0.1, 0.15) is 18.5 Å². The van der Waals surface area contributed by atoms with Crippen molar-refractivity contribution < 1.29 is 4.74 Å². The molecule has 0 bridgehead atoms. The van der Waals surface area contributed by atoms with Gasteiger partial charge in [-0.1, -0.05) is 29.5 Å². The van der Waals surface area contributed by atoms with Gasteiger partial charge in [-0.2, -0.15) is 0 Å². The summed E-state index contributed by atoms with van der Waals surface area (Å²) < 4.78 is 7.20. The van der Waals surface area contributed by atoms with E-state index in [-0.39, 0.29) is 6.04 Å². The lowest BCUT2D eigenvalue weighted by atomic mass is 10.1. The molecule has 0 fully saturated rings. The van der Waals surface area contributed by atoms with Gasteiger partial charge in [-0.25, -0.2) is 4.68 Å². The second-order valence-corrected chi connectivity index (χ2v) is 4.48. The van der Waals surface area contributed by atoms with Crippen LogP contribution in [0, 0.1) is 0 Å². The van der Waals surface area contributed by atoms with Crippen LogP contribution in [-0.4, -0.2) is 22.1 Å². The summed E-state index contributed by atoms with van der Waals surface area (Å²) in [5, 5.41) is 8.44. The lowest BCUT2D eigenvalue weighted by Crippen LogP contribution is -2.08. The molecule has 0 saturated carbocycles. The molecule has 1 heterocycles. The molecular formula is C15H15N3O. The number of benzene rings is 2. The van der Waals surface area contributed by atoms with Crippen molar-refractivity contribution in [1.82, 2.24) is 15.0 Å². The van der Waals surface area contributed by atoms with E-state index < -0.39 is 0 Å². The van der Waals surface area contributed by atoms with Gasteiger partial charge in [0, 0.05) is 0 Å². The van der Waals surface area contributed by atoms with E-state index in [0.717, 1.165) is 22.3 Å². The van der Waals surface area contributed by atoms with Crippen molar-refractivity contribution in [3.63, 3.8) is 0 Å². The molecule has 96 valence electrons. The average molecular weight is 253 g/mol. The fourth-order valence-corrected chi connectivity index (χ4v) is 2.22. The van der Waals surface area contributed by atoms with E-state index in [1.54, 1.807) is 7.11 Å². The summed E-state index contributed by atoms with van der Waals surface area (Å²) in [4.78, 5) is 0. The van der Waals surface area contributed by atoms with Crippen molar-refractivity contribution in [3.05, 3.63) is 54.1 Å². The summed E-state index contributed by atoms with van der Waals surface area (Å²) in [6.07, 6.45) is 0. The van der Waals surface area contributed by atoms with Crippen LogP contribution in [0.5, 0.6) is 5.75 Å². The van der Waals surface area contributed by atoms with E-state index in [9.17, 15) is 0 Å². The molecule has 4 heteroatoms. The van der Waals surface area contributed by atoms with Crippen molar-refractivity contribution in [2.45, 2.75) is 13.0 Å². The van der Waals surface area contributed by atoms with Gasteiger partial charge in [0.05, 0.1) is 18.7 Å². The summed E-state index contributed by atoms with van der Waals surface area (Å²) in [6, 6.07) is 16.1. The second-order valence-electron chi connectivity index (χ2n) is 4.48. The van der Waals surface area contributed by atoms with E-state index in [1.807, 2.05) is 47.1 Å². The predicted octanol–water partition coefficient (Wildman–Crippen LogP) is 3.05. The van der Waals surface area contributed by atoms with Crippen LogP contribution in [-0.2, 0) is 0 Å². The monoisotopic (exact) mass is 253 g/mol. The summed E-state index contributed by atoms with van der Waals surface area (Å²) in [7, 11) is 1.68. The Bertz CT molecular complexity index is 705. The minimum Gasteiger partial charge on any atom is -0.497 e. The Hall–Kier alpha value is -2.36. The van der Waals surface area contributed by atoms with Gasteiger partial charge < -0.3 is 4.74 Å². The SMILES string of the molecule is COc1cccc(C(C)n2nnc3ccccc32)c1. The quantitative estimate of drug-likeness (QED) is 0.720. The molecule has 1 aromatic heterocycles. The molecular weight excluding hydrogens is 238 g/mol. The molecule has 3 aromatic rings. The Morgan fingerprint density at radius 1 is 1.11 bits per heavy atom. The summed E-state index contributed by atoms with van der Waals surface area (Å²) in [5.74, 6) is 0.855. The van der Waals surface area contributed by atoms with Crippen LogP contribution >= 0.6 is 0 Å². The van der Waals surface area contributed by atoms with Crippen molar-refractivity contribution in [1.29, 1.82) is 0 Å². The van der Waals surface area contributed by atoms with Gasteiger partial charge in [0.1, 0.15) is 11.3 Å². The first-order chi connectivity index (χ1) is 9.29. The number of para-hydroxylation sites is 1. The lowest BCUT2D eigenvalue weighted by molar-refractivity contribution is 0.413. The van der Waals surface area contributed by atoms with Gasteiger partial charge in [-0.15, -0.1) is 5.10 Å². The van der Waals surface area contributed by atoms with E-state index in [0.29, 0.717) is 0 Å². The molecule has 0 radical (unpaired) electrons. The number of hydrogen-bond donors (Lipinski definition) is 0. The topological polar surface area (TPSA) is 39.9 Å². The molecule has 0 spiro atoms. The summed E-state index contributed by atoms with van der Waals surface area (Å²) in [6.45, 7) is 2.11. The normalized spacial score (nSPS) is 12.5. The zero-order valence-corrected chi connectivity index (χ0v) is 10.9.